The summed E-state index contributed by atoms with van der Waals surface area (Å²) in [6.45, 7) is 1.58. The molecule has 0 saturated carbocycles. The molecule has 0 bridgehead atoms. The molecule has 11 heavy (non-hydrogen) atoms. The molecule has 0 spiro atoms. The standard InChI is InChI=1S/C7H10O4/c1-4(8)6-2-5(3-11-6)7(9)10/h5-6H,2-3H2,1H3,(H,9,10). The van der Waals surface area contributed by atoms with Crippen molar-refractivity contribution in [2.75, 3.05) is 6.61 Å². The van der Waals surface area contributed by atoms with Gasteiger partial charge in [-0.25, -0.2) is 0 Å². The molecular weight excluding hydrogens is 148 g/mol. The van der Waals surface area contributed by atoms with Crippen LogP contribution in [0.4, 0.5) is 0 Å². The Balaban J connectivity index is 2.47. The van der Waals surface area contributed by atoms with E-state index in [0.717, 1.165) is 0 Å². The second kappa shape index (κ2) is 3.00. The lowest BCUT2D eigenvalue weighted by molar-refractivity contribution is -0.141. The van der Waals surface area contributed by atoms with Crippen molar-refractivity contribution in [3.05, 3.63) is 0 Å². The molecule has 1 saturated heterocycles. The average Bonchev–Trinajstić information content (AvgIpc) is 2.33. The van der Waals surface area contributed by atoms with Crippen LogP contribution in [-0.4, -0.2) is 29.6 Å². The number of hydrogen-bond acceptors (Lipinski definition) is 3. The highest BCUT2D eigenvalue weighted by atomic mass is 16.5. The van der Waals surface area contributed by atoms with Crippen LogP contribution in [-0.2, 0) is 14.3 Å². The Hall–Kier alpha value is -0.900. The third kappa shape index (κ3) is 1.77. The van der Waals surface area contributed by atoms with E-state index in [0.29, 0.717) is 6.42 Å². The first-order valence-electron chi connectivity index (χ1n) is 3.46. The summed E-state index contributed by atoms with van der Waals surface area (Å²) in [7, 11) is 0. The largest absolute Gasteiger partial charge is 0.481 e. The molecule has 1 rings (SSSR count). The molecule has 1 aliphatic heterocycles. The first kappa shape index (κ1) is 8.20. The Morgan fingerprint density at radius 2 is 2.18 bits per heavy atom. The number of ketones is 1. The van der Waals surface area contributed by atoms with Crippen molar-refractivity contribution in [1.29, 1.82) is 0 Å². The smallest absolute Gasteiger partial charge is 0.308 e. The maximum Gasteiger partial charge on any atom is 0.308 e. The van der Waals surface area contributed by atoms with Crippen LogP contribution >= 0.6 is 0 Å². The number of hydrogen-bond donors (Lipinski definition) is 1. The highest BCUT2D eigenvalue weighted by Crippen LogP contribution is 2.19. The van der Waals surface area contributed by atoms with Crippen molar-refractivity contribution in [2.24, 2.45) is 5.92 Å². The fourth-order valence-electron chi connectivity index (χ4n) is 1.08. The fourth-order valence-corrected chi connectivity index (χ4v) is 1.08. The summed E-state index contributed by atoms with van der Waals surface area (Å²) in [6.07, 6.45) is -0.166. The Kier molecular flexibility index (Phi) is 2.24. The SMILES string of the molecule is CC(=O)C1CC(C(=O)O)CO1. The highest BCUT2D eigenvalue weighted by molar-refractivity contribution is 5.82. The Bertz CT molecular complexity index is 167. The van der Waals surface area contributed by atoms with Gasteiger partial charge in [0.2, 0.25) is 0 Å². The van der Waals surface area contributed by atoms with E-state index < -0.39 is 18.0 Å². The van der Waals surface area contributed by atoms with Gasteiger partial charge in [-0.3, -0.25) is 9.59 Å². The topological polar surface area (TPSA) is 63.6 Å². The van der Waals surface area contributed by atoms with Gasteiger partial charge in [0.05, 0.1) is 12.5 Å². The van der Waals surface area contributed by atoms with Crippen LogP contribution in [0.1, 0.15) is 13.3 Å². The highest BCUT2D eigenvalue weighted by Gasteiger charge is 2.32. The van der Waals surface area contributed by atoms with Crippen molar-refractivity contribution >= 4 is 11.8 Å². The molecule has 0 amide bonds. The van der Waals surface area contributed by atoms with E-state index in [1.807, 2.05) is 0 Å². The van der Waals surface area contributed by atoms with Gasteiger partial charge < -0.3 is 9.84 Å². The molecule has 4 heteroatoms. The summed E-state index contributed by atoms with van der Waals surface area (Å²) in [5.41, 5.74) is 0. The van der Waals surface area contributed by atoms with Crippen LogP contribution in [0.2, 0.25) is 0 Å². The van der Waals surface area contributed by atoms with Gasteiger partial charge in [0.25, 0.3) is 0 Å². The van der Waals surface area contributed by atoms with Gasteiger partial charge in [-0.2, -0.15) is 0 Å². The first-order chi connectivity index (χ1) is 5.11. The molecule has 0 radical (unpaired) electrons. The molecule has 1 heterocycles. The summed E-state index contributed by atoms with van der Waals surface area (Å²) in [5.74, 6) is -1.47. The molecule has 0 aromatic carbocycles. The zero-order chi connectivity index (χ0) is 8.43. The van der Waals surface area contributed by atoms with Crippen molar-refractivity contribution < 1.29 is 19.4 Å². The van der Waals surface area contributed by atoms with Crippen LogP contribution in [0.3, 0.4) is 0 Å². The van der Waals surface area contributed by atoms with Gasteiger partial charge in [-0.1, -0.05) is 0 Å². The zero-order valence-electron chi connectivity index (χ0n) is 6.24. The number of Topliss-reactive ketones (excluding diaryl/α,β-unsaturated/α-hetero) is 1. The maximum atomic E-state index is 10.7. The van der Waals surface area contributed by atoms with E-state index >= 15 is 0 Å². The van der Waals surface area contributed by atoms with E-state index in [1.165, 1.54) is 6.92 Å². The fraction of sp³-hybridized carbons (Fsp3) is 0.714. The summed E-state index contributed by atoms with van der Waals surface area (Å²) >= 11 is 0. The molecule has 0 aromatic rings. The predicted molar refractivity (Wildman–Crippen MR) is 36.2 cm³/mol. The Labute approximate surface area is 64.2 Å². The van der Waals surface area contributed by atoms with E-state index in [4.69, 9.17) is 9.84 Å². The monoisotopic (exact) mass is 158 g/mol. The number of carboxylic acids is 1. The number of rotatable bonds is 2. The molecule has 2 atom stereocenters. The lowest BCUT2D eigenvalue weighted by Crippen LogP contribution is -2.17. The molecule has 0 aliphatic carbocycles. The van der Waals surface area contributed by atoms with Gasteiger partial charge in [-0.15, -0.1) is 0 Å². The minimum Gasteiger partial charge on any atom is -0.481 e. The van der Waals surface area contributed by atoms with Crippen molar-refractivity contribution in [1.82, 2.24) is 0 Å². The maximum absolute atomic E-state index is 10.7. The summed E-state index contributed by atoms with van der Waals surface area (Å²) in [4.78, 5) is 21.1. The van der Waals surface area contributed by atoms with Gasteiger partial charge in [0, 0.05) is 0 Å². The van der Waals surface area contributed by atoms with Crippen molar-refractivity contribution in [3.63, 3.8) is 0 Å². The van der Waals surface area contributed by atoms with Crippen molar-refractivity contribution in [2.45, 2.75) is 19.4 Å². The Morgan fingerprint density at radius 3 is 2.45 bits per heavy atom. The lowest BCUT2D eigenvalue weighted by Gasteiger charge is -2.01. The number of aliphatic carboxylic acids is 1. The molecular formula is C7H10O4. The van der Waals surface area contributed by atoms with E-state index in [-0.39, 0.29) is 12.4 Å². The third-order valence-electron chi connectivity index (χ3n) is 1.80. The molecule has 1 aliphatic rings. The average molecular weight is 158 g/mol. The zero-order valence-corrected chi connectivity index (χ0v) is 6.24. The lowest BCUT2D eigenvalue weighted by atomic mass is 10.0. The molecule has 62 valence electrons. The van der Waals surface area contributed by atoms with Crippen LogP contribution in [0.15, 0.2) is 0 Å². The van der Waals surface area contributed by atoms with Gasteiger partial charge in [0.15, 0.2) is 5.78 Å². The molecule has 2 unspecified atom stereocenters. The number of ether oxygens (including phenoxy) is 1. The second-order valence-corrected chi connectivity index (χ2v) is 2.70. The van der Waals surface area contributed by atoms with Crippen LogP contribution < -0.4 is 0 Å². The van der Waals surface area contributed by atoms with Gasteiger partial charge in [-0.05, 0) is 13.3 Å². The quantitative estimate of drug-likeness (QED) is 0.617. The minimum absolute atomic E-state index is 0.0891. The molecule has 1 N–H and O–H groups in total. The van der Waals surface area contributed by atoms with Crippen LogP contribution in [0, 0.1) is 5.92 Å². The van der Waals surface area contributed by atoms with Crippen molar-refractivity contribution in [3.8, 4) is 0 Å². The van der Waals surface area contributed by atoms with E-state index in [9.17, 15) is 9.59 Å². The second-order valence-electron chi connectivity index (χ2n) is 2.70. The third-order valence-corrected chi connectivity index (χ3v) is 1.80. The Morgan fingerprint density at radius 1 is 1.55 bits per heavy atom. The number of carboxylic acid groups (broad SMARTS) is 1. The van der Waals surface area contributed by atoms with Crippen LogP contribution in [0.5, 0.6) is 0 Å². The van der Waals surface area contributed by atoms with Gasteiger partial charge >= 0.3 is 5.97 Å². The molecule has 0 aromatic heterocycles. The summed E-state index contributed by atoms with van der Waals surface area (Å²) in [5, 5.41) is 8.52. The van der Waals surface area contributed by atoms with Gasteiger partial charge in [0.1, 0.15) is 6.10 Å². The normalized spacial score (nSPS) is 30.3. The van der Waals surface area contributed by atoms with E-state index in [1.54, 1.807) is 0 Å². The van der Waals surface area contributed by atoms with E-state index in [2.05, 4.69) is 0 Å². The van der Waals surface area contributed by atoms with Crippen LogP contribution in [0.25, 0.3) is 0 Å². The summed E-state index contributed by atoms with van der Waals surface area (Å²) in [6, 6.07) is 0. The predicted octanol–water partition coefficient (Wildman–Crippen LogP) is 0.0651. The minimum atomic E-state index is -0.881. The first-order valence-corrected chi connectivity index (χ1v) is 3.46. The molecule has 4 nitrogen and oxygen atoms in total. The molecule has 1 fully saturated rings. The summed E-state index contributed by atoms with van der Waals surface area (Å²) < 4.78 is 4.96. The number of carbonyl (C=O) groups is 2. The number of carbonyl (C=O) groups excluding carboxylic acids is 1.